The van der Waals surface area contributed by atoms with Gasteiger partial charge in [0.05, 0.1) is 0 Å². The number of ether oxygens (including phenoxy) is 1. The lowest BCUT2D eigenvalue weighted by molar-refractivity contribution is -0.156. The van der Waals surface area contributed by atoms with Crippen LogP contribution in [0.3, 0.4) is 0 Å². The summed E-state index contributed by atoms with van der Waals surface area (Å²) in [5.41, 5.74) is 0. The van der Waals surface area contributed by atoms with Crippen LogP contribution in [0.2, 0.25) is 0 Å². The summed E-state index contributed by atoms with van der Waals surface area (Å²) in [6.45, 7) is 4.08. The van der Waals surface area contributed by atoms with E-state index < -0.39 is 11.9 Å². The molecule has 0 aliphatic carbocycles. The molecular weight excluding hydrogens is 192 g/mol. The Morgan fingerprint density at radius 3 is 2.47 bits per heavy atom. The van der Waals surface area contributed by atoms with E-state index >= 15 is 0 Å². The largest absolute Gasteiger partial charge is 0.390 e. The molecule has 0 radical (unpaired) electrons. The lowest BCUT2D eigenvalue weighted by atomic mass is 10.2. The molecule has 15 heavy (non-hydrogen) atoms. The minimum absolute atomic E-state index is 0.335. The Kier molecular flexibility index (Phi) is 8.73. The number of allylic oxidation sites excluding steroid dienone is 1. The fourth-order valence-corrected chi connectivity index (χ4v) is 1.06. The number of hydrogen-bond donors (Lipinski definition) is 0. The third-order valence-electron chi connectivity index (χ3n) is 1.91. The molecule has 0 bridgehead atoms. The zero-order valence-electron chi connectivity index (χ0n) is 9.62. The monoisotopic (exact) mass is 212 g/mol. The SMILES string of the molecule is CCC/C=C/C(=O)OC(=O)CCCCC. The number of carbonyl (C=O) groups is 2. The van der Waals surface area contributed by atoms with E-state index in [1.54, 1.807) is 6.08 Å². The Morgan fingerprint density at radius 1 is 1.13 bits per heavy atom. The van der Waals surface area contributed by atoms with Crippen LogP contribution < -0.4 is 0 Å². The highest BCUT2D eigenvalue weighted by Gasteiger charge is 2.06. The predicted octanol–water partition coefficient (Wildman–Crippen LogP) is 2.99. The third kappa shape index (κ3) is 9.19. The number of hydrogen-bond acceptors (Lipinski definition) is 3. The van der Waals surface area contributed by atoms with Gasteiger partial charge < -0.3 is 4.74 Å². The number of unbranched alkanes of at least 4 members (excludes halogenated alkanes) is 3. The zero-order valence-corrected chi connectivity index (χ0v) is 9.62. The van der Waals surface area contributed by atoms with Gasteiger partial charge in [-0.25, -0.2) is 4.79 Å². The molecule has 0 saturated heterocycles. The molecule has 0 aromatic carbocycles. The average molecular weight is 212 g/mol. The van der Waals surface area contributed by atoms with E-state index in [2.05, 4.69) is 11.7 Å². The van der Waals surface area contributed by atoms with Crippen LogP contribution in [0.5, 0.6) is 0 Å². The van der Waals surface area contributed by atoms with Crippen LogP contribution in [-0.4, -0.2) is 11.9 Å². The van der Waals surface area contributed by atoms with Gasteiger partial charge in [-0.05, 0) is 12.8 Å². The lowest BCUT2D eigenvalue weighted by Gasteiger charge is -1.99. The maximum atomic E-state index is 11.1. The molecule has 3 heteroatoms. The van der Waals surface area contributed by atoms with Crippen LogP contribution in [0.15, 0.2) is 12.2 Å². The smallest absolute Gasteiger partial charge is 0.338 e. The molecule has 0 aliphatic heterocycles. The van der Waals surface area contributed by atoms with Gasteiger partial charge in [-0.3, -0.25) is 4.79 Å². The molecule has 0 atom stereocenters. The predicted molar refractivity (Wildman–Crippen MR) is 59.3 cm³/mol. The number of carbonyl (C=O) groups excluding carboxylic acids is 2. The molecule has 0 aliphatic rings. The summed E-state index contributed by atoms with van der Waals surface area (Å²) in [5.74, 6) is -0.973. The molecule has 0 rings (SSSR count). The highest BCUT2D eigenvalue weighted by molar-refractivity contribution is 5.91. The van der Waals surface area contributed by atoms with Gasteiger partial charge in [-0.2, -0.15) is 0 Å². The van der Waals surface area contributed by atoms with E-state index in [0.29, 0.717) is 6.42 Å². The molecule has 0 saturated carbocycles. The quantitative estimate of drug-likeness (QED) is 0.282. The summed E-state index contributed by atoms with van der Waals surface area (Å²) >= 11 is 0. The van der Waals surface area contributed by atoms with Gasteiger partial charge in [-0.1, -0.05) is 39.2 Å². The Bertz CT molecular complexity index is 219. The first kappa shape index (κ1) is 13.9. The van der Waals surface area contributed by atoms with Crippen LogP contribution >= 0.6 is 0 Å². The Morgan fingerprint density at radius 2 is 1.87 bits per heavy atom. The van der Waals surface area contributed by atoms with Crippen LogP contribution in [0.1, 0.15) is 52.4 Å². The summed E-state index contributed by atoms with van der Waals surface area (Å²) < 4.78 is 4.58. The van der Waals surface area contributed by atoms with E-state index in [1.807, 2.05) is 6.92 Å². The average Bonchev–Trinajstić information content (AvgIpc) is 2.18. The van der Waals surface area contributed by atoms with Crippen molar-refractivity contribution in [1.82, 2.24) is 0 Å². The van der Waals surface area contributed by atoms with Crippen molar-refractivity contribution in [3.05, 3.63) is 12.2 Å². The van der Waals surface area contributed by atoms with Crippen LogP contribution in [0.4, 0.5) is 0 Å². The Labute approximate surface area is 91.5 Å². The van der Waals surface area contributed by atoms with Crippen LogP contribution in [0.25, 0.3) is 0 Å². The second kappa shape index (κ2) is 9.44. The minimum atomic E-state index is -0.551. The van der Waals surface area contributed by atoms with Gasteiger partial charge in [-0.15, -0.1) is 0 Å². The van der Waals surface area contributed by atoms with Gasteiger partial charge in [0.25, 0.3) is 0 Å². The van der Waals surface area contributed by atoms with Gasteiger partial charge >= 0.3 is 11.9 Å². The summed E-state index contributed by atoms with van der Waals surface area (Å²) in [5, 5.41) is 0. The molecule has 0 spiro atoms. The summed E-state index contributed by atoms with van der Waals surface area (Å²) in [4.78, 5) is 22.1. The highest BCUT2D eigenvalue weighted by Crippen LogP contribution is 2.01. The molecular formula is C12H20O3. The normalized spacial score (nSPS) is 10.5. The third-order valence-corrected chi connectivity index (χ3v) is 1.91. The maximum absolute atomic E-state index is 11.1. The highest BCUT2D eigenvalue weighted by atomic mass is 16.6. The van der Waals surface area contributed by atoms with Crippen molar-refractivity contribution in [3.63, 3.8) is 0 Å². The molecule has 0 amide bonds. The molecule has 0 aromatic heterocycles. The van der Waals surface area contributed by atoms with Gasteiger partial charge in [0.2, 0.25) is 0 Å². The molecule has 86 valence electrons. The fourth-order valence-electron chi connectivity index (χ4n) is 1.06. The molecule has 0 unspecified atom stereocenters. The van der Waals surface area contributed by atoms with E-state index in [1.165, 1.54) is 6.08 Å². The standard InChI is InChI=1S/C12H20O3/c1-3-5-7-9-11(13)15-12(14)10-8-6-4-2/h7,9H,3-6,8,10H2,1-2H3/b9-7+. The first-order chi connectivity index (χ1) is 7.20. The zero-order chi connectivity index (χ0) is 11.5. The summed E-state index contributed by atoms with van der Waals surface area (Å²) in [6.07, 6.45) is 8.03. The fraction of sp³-hybridized carbons (Fsp3) is 0.667. The topological polar surface area (TPSA) is 43.4 Å². The maximum Gasteiger partial charge on any atom is 0.338 e. The van der Waals surface area contributed by atoms with Gasteiger partial charge in [0, 0.05) is 12.5 Å². The molecule has 0 fully saturated rings. The summed E-state index contributed by atoms with van der Waals surface area (Å²) in [7, 11) is 0. The Balaban J connectivity index is 3.62. The van der Waals surface area contributed by atoms with Crippen molar-refractivity contribution in [2.75, 3.05) is 0 Å². The van der Waals surface area contributed by atoms with Crippen molar-refractivity contribution >= 4 is 11.9 Å². The Hall–Kier alpha value is -1.12. The molecule has 0 heterocycles. The van der Waals surface area contributed by atoms with Crippen molar-refractivity contribution in [2.24, 2.45) is 0 Å². The molecule has 3 nitrogen and oxygen atoms in total. The van der Waals surface area contributed by atoms with Crippen LogP contribution in [0, 0.1) is 0 Å². The first-order valence-corrected chi connectivity index (χ1v) is 5.61. The van der Waals surface area contributed by atoms with Crippen molar-refractivity contribution < 1.29 is 14.3 Å². The van der Waals surface area contributed by atoms with Crippen molar-refractivity contribution in [2.45, 2.75) is 52.4 Å². The number of rotatable bonds is 7. The van der Waals surface area contributed by atoms with Crippen molar-refractivity contribution in [3.8, 4) is 0 Å². The van der Waals surface area contributed by atoms with Crippen LogP contribution in [-0.2, 0) is 14.3 Å². The van der Waals surface area contributed by atoms with E-state index in [4.69, 9.17) is 0 Å². The van der Waals surface area contributed by atoms with Crippen molar-refractivity contribution in [1.29, 1.82) is 0 Å². The lowest BCUT2D eigenvalue weighted by Crippen LogP contribution is -2.09. The van der Waals surface area contributed by atoms with Gasteiger partial charge in [0.15, 0.2) is 0 Å². The van der Waals surface area contributed by atoms with E-state index in [0.717, 1.165) is 32.1 Å². The number of esters is 2. The van der Waals surface area contributed by atoms with E-state index in [9.17, 15) is 9.59 Å². The second-order valence-corrected chi connectivity index (χ2v) is 3.44. The minimum Gasteiger partial charge on any atom is -0.390 e. The first-order valence-electron chi connectivity index (χ1n) is 5.61. The second-order valence-electron chi connectivity index (χ2n) is 3.44. The van der Waals surface area contributed by atoms with E-state index in [-0.39, 0.29) is 0 Å². The summed E-state index contributed by atoms with van der Waals surface area (Å²) in [6, 6.07) is 0. The molecule has 0 N–H and O–H groups in total. The van der Waals surface area contributed by atoms with Gasteiger partial charge in [0.1, 0.15) is 0 Å². The molecule has 0 aromatic rings.